The molecule has 26 heavy (non-hydrogen) atoms. The molecule has 3 rings (SSSR count). The Kier molecular flexibility index (Phi) is 5.46. The molecule has 0 bridgehead atoms. The molecule has 1 aromatic heterocycles. The zero-order valence-corrected chi connectivity index (χ0v) is 14.9. The van der Waals surface area contributed by atoms with E-state index in [9.17, 15) is 14.7 Å². The van der Waals surface area contributed by atoms with Gasteiger partial charge in [0.2, 0.25) is 0 Å². The first-order valence-corrected chi connectivity index (χ1v) is 8.76. The first kappa shape index (κ1) is 17.8. The van der Waals surface area contributed by atoms with E-state index in [1.54, 1.807) is 42.6 Å². The van der Waals surface area contributed by atoms with Crippen molar-refractivity contribution < 1.29 is 14.7 Å². The van der Waals surface area contributed by atoms with Crippen molar-refractivity contribution in [2.24, 2.45) is 0 Å². The Bertz CT molecular complexity index is 983. The molecule has 0 aliphatic heterocycles. The fourth-order valence-electron chi connectivity index (χ4n) is 2.19. The fraction of sp³-hybridized carbons (Fsp3) is 0. The number of carbonyl (C=O) groups is 2. The van der Waals surface area contributed by atoms with E-state index in [0.29, 0.717) is 20.5 Å². The van der Waals surface area contributed by atoms with E-state index in [-0.39, 0.29) is 5.70 Å². The quantitative estimate of drug-likeness (QED) is 0.642. The summed E-state index contributed by atoms with van der Waals surface area (Å²) < 4.78 is 0. The normalized spacial score (nSPS) is 11.2. The largest absolute Gasteiger partial charge is 0.477 e. The number of carbonyl (C=O) groups excluding carboxylic acids is 1. The molecule has 130 valence electrons. The van der Waals surface area contributed by atoms with Gasteiger partial charge in [0, 0.05) is 22.2 Å². The molecule has 2 aromatic carbocycles. The van der Waals surface area contributed by atoms with Gasteiger partial charge in [-0.1, -0.05) is 48.0 Å². The molecule has 0 atom stereocenters. The average Bonchev–Trinajstić information content (AvgIpc) is 3.10. The highest BCUT2D eigenvalue weighted by molar-refractivity contribution is 7.16. The number of amides is 1. The van der Waals surface area contributed by atoms with Crippen LogP contribution in [-0.2, 0) is 4.79 Å². The van der Waals surface area contributed by atoms with Crippen molar-refractivity contribution in [3.05, 3.63) is 82.0 Å². The van der Waals surface area contributed by atoms with Crippen LogP contribution < -0.4 is 5.32 Å². The maximum Gasteiger partial charge on any atom is 0.352 e. The summed E-state index contributed by atoms with van der Waals surface area (Å²) in [6, 6.07) is 15.7. The van der Waals surface area contributed by atoms with Crippen molar-refractivity contribution in [2.45, 2.75) is 0 Å². The Labute approximate surface area is 158 Å². The van der Waals surface area contributed by atoms with Gasteiger partial charge in [0.1, 0.15) is 10.7 Å². The van der Waals surface area contributed by atoms with Crippen molar-refractivity contribution in [3.8, 4) is 10.6 Å². The number of thiazole rings is 1. The molecule has 5 nitrogen and oxygen atoms in total. The van der Waals surface area contributed by atoms with E-state index in [4.69, 9.17) is 11.6 Å². The molecule has 0 spiro atoms. The van der Waals surface area contributed by atoms with Gasteiger partial charge >= 0.3 is 5.97 Å². The molecule has 0 radical (unpaired) electrons. The summed E-state index contributed by atoms with van der Waals surface area (Å²) in [4.78, 5) is 28.5. The lowest BCUT2D eigenvalue weighted by atomic mass is 10.2. The van der Waals surface area contributed by atoms with E-state index >= 15 is 0 Å². The molecule has 1 heterocycles. The molecular weight excluding hydrogens is 372 g/mol. The highest BCUT2D eigenvalue weighted by Crippen LogP contribution is 2.31. The van der Waals surface area contributed by atoms with Crippen molar-refractivity contribution in [2.75, 3.05) is 0 Å². The fourth-order valence-corrected chi connectivity index (χ4v) is 3.37. The number of carboxylic acids is 1. The Morgan fingerprint density at radius 3 is 2.46 bits per heavy atom. The highest BCUT2D eigenvalue weighted by atomic mass is 35.5. The summed E-state index contributed by atoms with van der Waals surface area (Å²) in [7, 11) is 0. The highest BCUT2D eigenvalue weighted by Gasteiger charge is 2.14. The number of carboxylic acid groups (broad SMARTS) is 1. The maximum atomic E-state index is 12.2. The van der Waals surface area contributed by atoms with E-state index in [0.717, 1.165) is 5.56 Å². The smallest absolute Gasteiger partial charge is 0.352 e. The lowest BCUT2D eigenvalue weighted by Crippen LogP contribution is -2.27. The summed E-state index contributed by atoms with van der Waals surface area (Å²) in [5.74, 6) is -1.72. The van der Waals surface area contributed by atoms with Crippen LogP contribution in [0.25, 0.3) is 16.6 Å². The van der Waals surface area contributed by atoms with Crippen molar-refractivity contribution in [1.82, 2.24) is 10.3 Å². The molecule has 0 saturated heterocycles. The van der Waals surface area contributed by atoms with Gasteiger partial charge in [-0.05, 0) is 24.3 Å². The zero-order valence-electron chi connectivity index (χ0n) is 13.3. The number of nitrogens with one attached hydrogen (secondary N) is 1. The number of aromatic nitrogens is 1. The minimum atomic E-state index is -1.23. The van der Waals surface area contributed by atoms with Gasteiger partial charge in [-0.25, -0.2) is 9.78 Å². The minimum Gasteiger partial charge on any atom is -0.477 e. The molecular formula is C19H13ClN2O3S. The van der Waals surface area contributed by atoms with E-state index < -0.39 is 11.9 Å². The van der Waals surface area contributed by atoms with Crippen LogP contribution in [0.2, 0.25) is 5.02 Å². The average molecular weight is 385 g/mol. The monoisotopic (exact) mass is 384 g/mol. The lowest BCUT2D eigenvalue weighted by molar-refractivity contribution is -0.132. The van der Waals surface area contributed by atoms with E-state index in [1.807, 2.05) is 18.2 Å². The molecule has 0 aliphatic carbocycles. The SMILES string of the molecule is O=C(O)/C(=C\c1cnc(-c2ccccc2Cl)s1)NC(=O)c1ccccc1. The third-order valence-corrected chi connectivity index (χ3v) is 4.74. The van der Waals surface area contributed by atoms with Gasteiger partial charge < -0.3 is 10.4 Å². The van der Waals surface area contributed by atoms with Crippen LogP contribution >= 0.6 is 22.9 Å². The van der Waals surface area contributed by atoms with Crippen LogP contribution in [0.1, 0.15) is 15.2 Å². The Morgan fingerprint density at radius 1 is 1.08 bits per heavy atom. The van der Waals surface area contributed by atoms with Gasteiger partial charge in [-0.2, -0.15) is 0 Å². The predicted octanol–water partition coefficient (Wildman–Crippen LogP) is 4.32. The topological polar surface area (TPSA) is 79.3 Å². The first-order valence-electron chi connectivity index (χ1n) is 7.56. The number of nitrogens with zero attached hydrogens (tertiary/aromatic N) is 1. The molecule has 7 heteroatoms. The number of rotatable bonds is 5. The van der Waals surface area contributed by atoms with Gasteiger partial charge in [0.25, 0.3) is 5.91 Å². The number of aliphatic carboxylic acids is 1. The van der Waals surface area contributed by atoms with Gasteiger partial charge in [-0.3, -0.25) is 4.79 Å². The van der Waals surface area contributed by atoms with E-state index in [1.165, 1.54) is 17.4 Å². The van der Waals surface area contributed by atoms with Gasteiger partial charge in [0.05, 0.1) is 5.02 Å². The summed E-state index contributed by atoms with van der Waals surface area (Å²) in [6.45, 7) is 0. The number of hydrogen-bond donors (Lipinski definition) is 2. The molecule has 0 saturated carbocycles. The van der Waals surface area contributed by atoms with E-state index in [2.05, 4.69) is 10.3 Å². The molecule has 0 aliphatic rings. The first-order chi connectivity index (χ1) is 12.5. The summed E-state index contributed by atoms with van der Waals surface area (Å²) in [5.41, 5.74) is 0.915. The summed E-state index contributed by atoms with van der Waals surface area (Å²) >= 11 is 7.44. The van der Waals surface area contributed by atoms with Crippen LogP contribution in [0, 0.1) is 0 Å². The van der Waals surface area contributed by atoms with Crippen molar-refractivity contribution in [3.63, 3.8) is 0 Å². The van der Waals surface area contributed by atoms with Crippen molar-refractivity contribution in [1.29, 1.82) is 0 Å². The zero-order chi connectivity index (χ0) is 18.5. The maximum absolute atomic E-state index is 12.2. The molecule has 0 fully saturated rings. The summed E-state index contributed by atoms with van der Waals surface area (Å²) in [6.07, 6.45) is 2.92. The Balaban J connectivity index is 1.85. The third-order valence-electron chi connectivity index (χ3n) is 3.43. The number of benzene rings is 2. The summed E-state index contributed by atoms with van der Waals surface area (Å²) in [5, 5.41) is 13.0. The minimum absolute atomic E-state index is 0.229. The molecule has 2 N–H and O–H groups in total. The number of halogens is 1. The Morgan fingerprint density at radius 2 is 1.77 bits per heavy atom. The van der Waals surface area contributed by atoms with Gasteiger partial charge in [0.15, 0.2) is 0 Å². The predicted molar refractivity (Wildman–Crippen MR) is 102 cm³/mol. The van der Waals surface area contributed by atoms with Crippen LogP contribution in [0.4, 0.5) is 0 Å². The molecule has 0 unspecified atom stereocenters. The lowest BCUT2D eigenvalue weighted by Gasteiger charge is -2.05. The second kappa shape index (κ2) is 7.95. The second-order valence-corrected chi connectivity index (χ2v) is 6.70. The Hall–Kier alpha value is -2.96. The van der Waals surface area contributed by atoms with Crippen LogP contribution in [0.5, 0.6) is 0 Å². The standard InChI is InChI=1S/C19H13ClN2O3S/c20-15-9-5-4-8-14(15)18-21-11-13(26-18)10-16(19(24)25)22-17(23)12-6-2-1-3-7-12/h1-11H,(H,22,23)(H,24,25)/b16-10+. The van der Waals surface area contributed by atoms with Gasteiger partial charge in [-0.15, -0.1) is 11.3 Å². The van der Waals surface area contributed by atoms with Crippen molar-refractivity contribution >= 4 is 40.9 Å². The molecule has 3 aromatic rings. The number of hydrogen-bond acceptors (Lipinski definition) is 4. The van der Waals surface area contributed by atoms with Crippen LogP contribution in [0.3, 0.4) is 0 Å². The second-order valence-electron chi connectivity index (χ2n) is 5.23. The third kappa shape index (κ3) is 4.17. The molecule has 1 amide bonds. The van der Waals surface area contributed by atoms with Crippen LogP contribution in [0.15, 0.2) is 66.5 Å². The van der Waals surface area contributed by atoms with Crippen LogP contribution in [-0.4, -0.2) is 22.0 Å².